The molecular formula is C9H12F3N5O. The molecule has 1 amide bonds. The molecule has 1 aromatic rings. The van der Waals surface area contributed by atoms with Crippen molar-refractivity contribution in [3.63, 3.8) is 0 Å². The van der Waals surface area contributed by atoms with Crippen LogP contribution in [0, 0.1) is 0 Å². The molecule has 1 rings (SSSR count). The second kappa shape index (κ2) is 5.07. The zero-order chi connectivity index (χ0) is 13.9. The van der Waals surface area contributed by atoms with Crippen molar-refractivity contribution in [1.82, 2.24) is 9.97 Å². The Morgan fingerprint density at radius 3 is 2.50 bits per heavy atom. The number of aromatic nitrogens is 2. The molecule has 1 heterocycles. The van der Waals surface area contributed by atoms with Crippen molar-refractivity contribution in [2.45, 2.75) is 19.1 Å². The molecule has 0 aromatic carbocycles. The highest BCUT2D eigenvalue weighted by atomic mass is 19.4. The first-order valence-electron chi connectivity index (χ1n) is 4.94. The Hall–Kier alpha value is -2.06. The summed E-state index contributed by atoms with van der Waals surface area (Å²) in [6, 6.07) is -0.133. The summed E-state index contributed by atoms with van der Waals surface area (Å²) in [6.07, 6.45) is -4.60. The minimum absolute atomic E-state index is 0.132. The molecule has 100 valence electrons. The summed E-state index contributed by atoms with van der Waals surface area (Å²) in [5.74, 6) is -1.04. The van der Waals surface area contributed by atoms with Crippen molar-refractivity contribution in [2.24, 2.45) is 5.73 Å². The quantitative estimate of drug-likeness (QED) is 0.748. The minimum atomic E-state index is -4.60. The maximum absolute atomic E-state index is 12.5. The molecule has 1 aromatic heterocycles. The number of nitrogens with one attached hydrogen (secondary N) is 2. The number of primary amides is 1. The van der Waals surface area contributed by atoms with Gasteiger partial charge in [-0.05, 0) is 6.92 Å². The lowest BCUT2D eigenvalue weighted by Gasteiger charge is -2.14. The standard InChI is InChI=1S/C9H12F3N5O/c1-4(7(13)18)15-6-3-5(9(10,11)12)16-8(14-2)17-6/h3-4H,1-2H3,(H2,13,18)(H2,14,15,16,17). The monoisotopic (exact) mass is 263 g/mol. The molecule has 4 N–H and O–H groups in total. The van der Waals surface area contributed by atoms with Gasteiger partial charge in [0.05, 0.1) is 0 Å². The molecule has 0 saturated carbocycles. The van der Waals surface area contributed by atoms with Crippen molar-refractivity contribution in [1.29, 1.82) is 0 Å². The fraction of sp³-hybridized carbons (Fsp3) is 0.444. The molecule has 0 bridgehead atoms. The van der Waals surface area contributed by atoms with E-state index in [-0.39, 0.29) is 11.8 Å². The third kappa shape index (κ3) is 3.47. The van der Waals surface area contributed by atoms with E-state index in [1.807, 2.05) is 0 Å². The van der Waals surface area contributed by atoms with Gasteiger partial charge < -0.3 is 16.4 Å². The molecule has 1 unspecified atom stereocenters. The van der Waals surface area contributed by atoms with E-state index in [2.05, 4.69) is 20.6 Å². The van der Waals surface area contributed by atoms with E-state index >= 15 is 0 Å². The van der Waals surface area contributed by atoms with Gasteiger partial charge in [-0.3, -0.25) is 4.79 Å². The number of hydrogen-bond acceptors (Lipinski definition) is 5. The molecular weight excluding hydrogens is 251 g/mol. The van der Waals surface area contributed by atoms with Gasteiger partial charge in [0, 0.05) is 13.1 Å². The van der Waals surface area contributed by atoms with Crippen LogP contribution in [0.5, 0.6) is 0 Å². The number of alkyl halides is 3. The van der Waals surface area contributed by atoms with Crippen LogP contribution in [0.15, 0.2) is 6.07 Å². The average Bonchev–Trinajstić information content (AvgIpc) is 2.27. The third-order valence-corrected chi connectivity index (χ3v) is 2.03. The number of hydrogen-bond donors (Lipinski definition) is 3. The van der Waals surface area contributed by atoms with E-state index < -0.39 is 23.8 Å². The number of anilines is 2. The number of rotatable bonds is 4. The molecule has 18 heavy (non-hydrogen) atoms. The zero-order valence-corrected chi connectivity index (χ0v) is 9.67. The smallest absolute Gasteiger partial charge is 0.368 e. The summed E-state index contributed by atoms with van der Waals surface area (Å²) in [6.45, 7) is 1.41. The second-order valence-corrected chi connectivity index (χ2v) is 3.48. The molecule has 0 saturated heterocycles. The van der Waals surface area contributed by atoms with Gasteiger partial charge in [0.15, 0.2) is 5.69 Å². The van der Waals surface area contributed by atoms with Gasteiger partial charge in [-0.15, -0.1) is 0 Å². The summed E-state index contributed by atoms with van der Waals surface area (Å²) in [5.41, 5.74) is 3.89. The molecule has 1 atom stereocenters. The number of nitrogens with zero attached hydrogens (tertiary/aromatic N) is 2. The van der Waals surface area contributed by atoms with Gasteiger partial charge in [-0.1, -0.05) is 0 Å². The highest BCUT2D eigenvalue weighted by Gasteiger charge is 2.33. The van der Waals surface area contributed by atoms with Gasteiger partial charge >= 0.3 is 6.18 Å². The summed E-state index contributed by atoms with van der Waals surface area (Å²) >= 11 is 0. The van der Waals surface area contributed by atoms with Crippen LogP contribution in [0.4, 0.5) is 24.9 Å². The van der Waals surface area contributed by atoms with Gasteiger partial charge in [-0.2, -0.15) is 18.2 Å². The maximum Gasteiger partial charge on any atom is 0.433 e. The maximum atomic E-state index is 12.5. The fourth-order valence-corrected chi connectivity index (χ4v) is 1.07. The number of nitrogens with two attached hydrogens (primary N) is 1. The summed E-state index contributed by atoms with van der Waals surface area (Å²) in [4.78, 5) is 17.8. The van der Waals surface area contributed by atoms with Crippen LogP contribution in [0.1, 0.15) is 12.6 Å². The molecule has 0 spiro atoms. The number of halogens is 3. The van der Waals surface area contributed by atoms with Crippen LogP contribution in [0.3, 0.4) is 0 Å². The Balaban J connectivity index is 3.09. The molecule has 0 aliphatic rings. The van der Waals surface area contributed by atoms with Crippen molar-refractivity contribution in [3.05, 3.63) is 11.8 Å². The second-order valence-electron chi connectivity index (χ2n) is 3.48. The predicted octanol–water partition coefficient (Wildman–Crippen LogP) is 0.823. The average molecular weight is 263 g/mol. The predicted molar refractivity (Wildman–Crippen MR) is 58.9 cm³/mol. The van der Waals surface area contributed by atoms with E-state index in [9.17, 15) is 18.0 Å². The minimum Gasteiger partial charge on any atom is -0.368 e. The largest absolute Gasteiger partial charge is 0.433 e. The van der Waals surface area contributed by atoms with Crippen LogP contribution in [-0.4, -0.2) is 29.0 Å². The lowest BCUT2D eigenvalue weighted by atomic mass is 10.3. The van der Waals surface area contributed by atoms with Crippen molar-refractivity contribution >= 4 is 17.7 Å². The van der Waals surface area contributed by atoms with Crippen LogP contribution < -0.4 is 16.4 Å². The molecule has 0 radical (unpaired) electrons. The zero-order valence-electron chi connectivity index (χ0n) is 9.67. The van der Waals surface area contributed by atoms with Gasteiger partial charge in [0.2, 0.25) is 11.9 Å². The Kier molecular flexibility index (Phi) is 3.94. The Morgan fingerprint density at radius 2 is 2.06 bits per heavy atom. The van der Waals surface area contributed by atoms with Crippen LogP contribution in [0.25, 0.3) is 0 Å². The highest BCUT2D eigenvalue weighted by molar-refractivity contribution is 5.82. The van der Waals surface area contributed by atoms with E-state index in [0.717, 1.165) is 0 Å². The van der Waals surface area contributed by atoms with Crippen molar-refractivity contribution in [3.8, 4) is 0 Å². The summed E-state index contributed by atoms with van der Waals surface area (Å²) < 4.78 is 37.6. The van der Waals surface area contributed by atoms with E-state index in [1.165, 1.54) is 14.0 Å². The first-order chi connectivity index (χ1) is 8.24. The highest BCUT2D eigenvalue weighted by Crippen LogP contribution is 2.29. The SMILES string of the molecule is CNc1nc(NC(C)C(N)=O)cc(C(F)(F)F)n1. The van der Waals surface area contributed by atoms with Crippen molar-refractivity contribution in [2.75, 3.05) is 17.7 Å². The van der Waals surface area contributed by atoms with E-state index in [1.54, 1.807) is 0 Å². The Labute approximate surface area is 101 Å². The van der Waals surface area contributed by atoms with Gasteiger partial charge in [0.25, 0.3) is 0 Å². The van der Waals surface area contributed by atoms with Crippen LogP contribution in [-0.2, 0) is 11.0 Å². The van der Waals surface area contributed by atoms with E-state index in [4.69, 9.17) is 5.73 Å². The van der Waals surface area contributed by atoms with Crippen molar-refractivity contribution < 1.29 is 18.0 Å². The normalized spacial score (nSPS) is 12.9. The topological polar surface area (TPSA) is 92.9 Å². The fourth-order valence-electron chi connectivity index (χ4n) is 1.07. The first-order valence-corrected chi connectivity index (χ1v) is 4.94. The van der Waals surface area contributed by atoms with Gasteiger partial charge in [0.1, 0.15) is 11.9 Å². The van der Waals surface area contributed by atoms with E-state index in [0.29, 0.717) is 6.07 Å². The molecule has 0 aliphatic heterocycles. The first kappa shape index (κ1) is 14.0. The third-order valence-electron chi connectivity index (χ3n) is 2.03. The number of amides is 1. The molecule has 0 fully saturated rings. The number of carbonyl (C=O) groups excluding carboxylic acids is 1. The van der Waals surface area contributed by atoms with Crippen LogP contribution in [0.2, 0.25) is 0 Å². The summed E-state index contributed by atoms with van der Waals surface area (Å²) in [7, 11) is 1.39. The number of carbonyl (C=O) groups is 1. The lowest BCUT2D eigenvalue weighted by Crippen LogP contribution is -2.33. The Morgan fingerprint density at radius 1 is 1.44 bits per heavy atom. The summed E-state index contributed by atoms with van der Waals surface area (Å²) in [5, 5.41) is 4.87. The molecule has 0 aliphatic carbocycles. The molecule has 6 nitrogen and oxygen atoms in total. The lowest BCUT2D eigenvalue weighted by molar-refractivity contribution is -0.141. The van der Waals surface area contributed by atoms with Crippen LogP contribution >= 0.6 is 0 Å². The Bertz CT molecular complexity index is 448. The molecule has 9 heteroatoms. The van der Waals surface area contributed by atoms with Gasteiger partial charge in [-0.25, -0.2) is 4.98 Å².